The highest BCUT2D eigenvalue weighted by Crippen LogP contribution is 2.21. The van der Waals surface area contributed by atoms with Crippen LogP contribution in [0, 0.1) is 13.8 Å². The largest absolute Gasteiger partial charge is 0.350 e. The molecule has 140 valence electrons. The van der Waals surface area contributed by atoms with E-state index in [1.54, 1.807) is 4.68 Å². The predicted molar refractivity (Wildman–Crippen MR) is 99.6 cm³/mol. The van der Waals surface area contributed by atoms with Gasteiger partial charge >= 0.3 is 0 Å². The molecule has 1 saturated heterocycles. The van der Waals surface area contributed by atoms with Crippen LogP contribution in [0.2, 0.25) is 0 Å². The monoisotopic (exact) mass is 415 g/mol. The lowest BCUT2D eigenvalue weighted by Crippen LogP contribution is -2.41. The normalized spacial score (nSPS) is 21.7. The van der Waals surface area contributed by atoms with Crippen molar-refractivity contribution in [3.63, 3.8) is 0 Å². The second-order valence-corrected chi connectivity index (χ2v) is 9.85. The number of alkyl halides is 1. The highest BCUT2D eigenvalue weighted by atomic mass is 35.5. The maximum absolute atomic E-state index is 12.1. The van der Waals surface area contributed by atoms with E-state index in [1.165, 1.54) is 11.8 Å². The quantitative estimate of drug-likeness (QED) is 0.570. The molecule has 0 spiro atoms. The summed E-state index contributed by atoms with van der Waals surface area (Å²) in [5, 5.41) is 14.1. The zero-order valence-corrected chi connectivity index (χ0v) is 16.6. The fourth-order valence-corrected chi connectivity index (χ4v) is 5.86. The molecule has 0 radical (unpaired) electrons. The van der Waals surface area contributed by atoms with E-state index in [9.17, 15) is 13.2 Å². The Kier molecular flexibility index (Phi) is 5.54. The summed E-state index contributed by atoms with van der Waals surface area (Å²) in [7, 11) is -3.19. The van der Waals surface area contributed by atoms with Gasteiger partial charge < -0.3 is 5.32 Å². The van der Waals surface area contributed by atoms with Gasteiger partial charge in [0.2, 0.25) is 11.1 Å². The minimum Gasteiger partial charge on any atom is -0.350 e. The maximum atomic E-state index is 12.1. The van der Waals surface area contributed by atoms with Crippen molar-refractivity contribution in [2.75, 3.05) is 17.3 Å². The molecule has 1 aliphatic rings. The van der Waals surface area contributed by atoms with Gasteiger partial charge in [-0.1, -0.05) is 17.8 Å². The average Bonchev–Trinajstić information content (AvgIpc) is 3.12. The minimum atomic E-state index is -3.19. The van der Waals surface area contributed by atoms with Gasteiger partial charge in [-0.15, -0.1) is 16.7 Å². The summed E-state index contributed by atoms with van der Waals surface area (Å²) in [6.07, 6.45) is 0. The summed E-state index contributed by atoms with van der Waals surface area (Å²) in [5.74, 6) is -0.488. The molecule has 1 aliphatic heterocycles. The Balaban J connectivity index is 1.63. The molecule has 1 amide bonds. The van der Waals surface area contributed by atoms with Gasteiger partial charge in [-0.05, 0) is 47.5 Å². The molecule has 8 nitrogen and oxygen atoms in total. The van der Waals surface area contributed by atoms with E-state index in [-0.39, 0.29) is 23.2 Å². The molecule has 2 heterocycles. The van der Waals surface area contributed by atoms with Crippen LogP contribution in [0.5, 0.6) is 0 Å². The van der Waals surface area contributed by atoms with Crippen LogP contribution < -0.4 is 5.32 Å². The number of nitrogens with one attached hydrogen (secondary N) is 1. The smallest absolute Gasteiger partial charge is 0.230 e. The number of benzene rings is 1. The number of rotatable bonds is 5. The Morgan fingerprint density at radius 1 is 1.35 bits per heavy atom. The van der Waals surface area contributed by atoms with Gasteiger partial charge in [-0.2, -0.15) is 4.68 Å². The summed E-state index contributed by atoms with van der Waals surface area (Å²) < 4.78 is 24.7. The van der Waals surface area contributed by atoms with Crippen molar-refractivity contribution in [2.45, 2.75) is 30.4 Å². The van der Waals surface area contributed by atoms with Gasteiger partial charge in [0.1, 0.15) is 0 Å². The molecule has 0 bridgehead atoms. The van der Waals surface area contributed by atoms with Gasteiger partial charge in [-0.3, -0.25) is 4.79 Å². The average molecular weight is 416 g/mol. The number of tetrazole rings is 1. The molecule has 1 aromatic carbocycles. The third kappa shape index (κ3) is 4.36. The molecule has 1 N–H and O–H groups in total. The van der Waals surface area contributed by atoms with E-state index in [2.05, 4.69) is 20.8 Å². The van der Waals surface area contributed by atoms with Crippen LogP contribution in [0.3, 0.4) is 0 Å². The third-order valence-electron chi connectivity index (χ3n) is 4.14. The Morgan fingerprint density at radius 2 is 2.12 bits per heavy atom. The second-order valence-electron chi connectivity index (χ2n) is 6.20. The highest BCUT2D eigenvalue weighted by molar-refractivity contribution is 7.99. The number of nitrogens with zero attached hydrogens (tertiary/aromatic N) is 4. The zero-order chi connectivity index (χ0) is 18.9. The van der Waals surface area contributed by atoms with Crippen molar-refractivity contribution in [2.24, 2.45) is 0 Å². The Bertz CT molecular complexity index is 931. The molecule has 0 aliphatic carbocycles. The maximum Gasteiger partial charge on any atom is 0.230 e. The number of aryl methyl sites for hydroxylation is 2. The molecule has 3 rings (SSSR count). The first kappa shape index (κ1) is 19.1. The SMILES string of the molecule is Cc1ccc(-n2nnnc2SCC(=O)N[C@@H]2CS(=O)(=O)C[C@@H]2Cl)cc1C. The summed E-state index contributed by atoms with van der Waals surface area (Å²) in [6, 6.07) is 5.29. The van der Waals surface area contributed by atoms with Crippen LogP contribution in [-0.4, -0.2) is 63.2 Å². The molecule has 1 aromatic heterocycles. The second kappa shape index (κ2) is 7.53. The standard InChI is InChI=1S/C15H18ClN5O3S2/c1-9-3-4-11(5-10(9)2)21-15(18-19-20-21)25-6-14(22)17-13-8-26(23,24)7-12(13)16/h3-5,12-13H,6-8H2,1-2H3,(H,17,22)/t12-,13+/m0/s1. The first-order valence-corrected chi connectivity index (χ1v) is 11.1. The third-order valence-corrected chi connectivity index (χ3v) is 7.43. The molecule has 26 heavy (non-hydrogen) atoms. The van der Waals surface area contributed by atoms with Gasteiger partial charge in [0.05, 0.1) is 34.4 Å². The Hall–Kier alpha value is -1.65. The van der Waals surface area contributed by atoms with Crippen LogP contribution in [0.1, 0.15) is 11.1 Å². The van der Waals surface area contributed by atoms with Crippen molar-refractivity contribution >= 4 is 39.1 Å². The van der Waals surface area contributed by atoms with E-state index < -0.39 is 21.3 Å². The number of carbonyl (C=O) groups excluding carboxylic acids is 1. The number of thioether (sulfide) groups is 1. The first-order chi connectivity index (χ1) is 12.2. The van der Waals surface area contributed by atoms with Crippen LogP contribution in [0.15, 0.2) is 23.4 Å². The van der Waals surface area contributed by atoms with Crippen molar-refractivity contribution in [1.29, 1.82) is 0 Å². The zero-order valence-electron chi connectivity index (χ0n) is 14.2. The summed E-state index contributed by atoms with van der Waals surface area (Å²) in [4.78, 5) is 12.1. The molecule has 2 atom stereocenters. The van der Waals surface area contributed by atoms with Crippen LogP contribution >= 0.6 is 23.4 Å². The molecule has 0 saturated carbocycles. The predicted octanol–water partition coefficient (Wildman–Crippen LogP) is 0.892. The van der Waals surface area contributed by atoms with Crippen molar-refractivity contribution in [3.05, 3.63) is 29.3 Å². The lowest BCUT2D eigenvalue weighted by atomic mass is 10.1. The van der Waals surface area contributed by atoms with E-state index in [1.807, 2.05) is 32.0 Å². The lowest BCUT2D eigenvalue weighted by Gasteiger charge is -2.14. The van der Waals surface area contributed by atoms with Crippen molar-refractivity contribution < 1.29 is 13.2 Å². The number of halogens is 1. The molecule has 11 heteroatoms. The fourth-order valence-electron chi connectivity index (χ4n) is 2.60. The Labute approximate surface area is 160 Å². The van der Waals surface area contributed by atoms with Gasteiger partial charge in [-0.25, -0.2) is 8.42 Å². The molecule has 1 fully saturated rings. The lowest BCUT2D eigenvalue weighted by molar-refractivity contribution is -0.119. The van der Waals surface area contributed by atoms with Crippen molar-refractivity contribution in [3.8, 4) is 5.69 Å². The summed E-state index contributed by atoms with van der Waals surface area (Å²) in [5.41, 5.74) is 3.09. The van der Waals surface area contributed by atoms with Gasteiger partial charge in [0, 0.05) is 0 Å². The topological polar surface area (TPSA) is 107 Å². The minimum absolute atomic E-state index is 0.0609. The number of sulfone groups is 1. The van der Waals surface area contributed by atoms with E-state index in [0.29, 0.717) is 5.16 Å². The van der Waals surface area contributed by atoms with E-state index in [4.69, 9.17) is 11.6 Å². The Morgan fingerprint density at radius 3 is 2.77 bits per heavy atom. The molecular formula is C15H18ClN5O3S2. The summed E-state index contributed by atoms with van der Waals surface area (Å²) >= 11 is 7.18. The number of amides is 1. The van der Waals surface area contributed by atoms with Gasteiger partial charge in [0.15, 0.2) is 9.84 Å². The highest BCUT2D eigenvalue weighted by Gasteiger charge is 2.37. The van der Waals surface area contributed by atoms with Gasteiger partial charge in [0.25, 0.3) is 0 Å². The van der Waals surface area contributed by atoms with Crippen LogP contribution in [-0.2, 0) is 14.6 Å². The number of hydrogen-bond acceptors (Lipinski definition) is 7. The van der Waals surface area contributed by atoms with E-state index >= 15 is 0 Å². The number of aromatic nitrogens is 4. The van der Waals surface area contributed by atoms with E-state index in [0.717, 1.165) is 16.8 Å². The molecule has 2 aromatic rings. The number of hydrogen-bond donors (Lipinski definition) is 1. The first-order valence-electron chi connectivity index (χ1n) is 7.88. The van der Waals surface area contributed by atoms with Crippen LogP contribution in [0.25, 0.3) is 5.69 Å². The molecular weight excluding hydrogens is 398 g/mol. The number of carbonyl (C=O) groups is 1. The molecule has 0 unspecified atom stereocenters. The summed E-state index contributed by atoms with van der Waals surface area (Å²) in [6.45, 7) is 4.02. The van der Waals surface area contributed by atoms with Crippen molar-refractivity contribution in [1.82, 2.24) is 25.5 Å². The van der Waals surface area contributed by atoms with Crippen LogP contribution in [0.4, 0.5) is 0 Å². The fraction of sp³-hybridized carbons (Fsp3) is 0.467.